The van der Waals surface area contributed by atoms with E-state index in [0.717, 1.165) is 5.56 Å². The van der Waals surface area contributed by atoms with Gasteiger partial charge >= 0.3 is 0 Å². The second-order valence-electron chi connectivity index (χ2n) is 4.46. The van der Waals surface area contributed by atoms with Gasteiger partial charge in [-0.2, -0.15) is 0 Å². The average molecular weight is 293 g/mol. The number of amides is 1. The van der Waals surface area contributed by atoms with Gasteiger partial charge in [0.25, 0.3) is 5.91 Å². The fraction of sp³-hybridized carbons (Fsp3) is 0.467. The van der Waals surface area contributed by atoms with Crippen LogP contribution in [0.2, 0.25) is 0 Å². The molecule has 0 fully saturated rings. The molecule has 0 aromatic heterocycles. The lowest BCUT2D eigenvalue weighted by atomic mass is 10.0. The summed E-state index contributed by atoms with van der Waals surface area (Å²) in [4.78, 5) is 15.6. The molecule has 1 aliphatic rings. The molecule has 6 heteroatoms. The zero-order valence-electron chi connectivity index (χ0n) is 12.3. The zero-order valence-corrected chi connectivity index (χ0v) is 12.3. The van der Waals surface area contributed by atoms with Gasteiger partial charge in [-0.3, -0.25) is 4.79 Å². The number of carbonyl (C=O) groups excluding carboxylic acids is 1. The Morgan fingerprint density at radius 3 is 2.24 bits per heavy atom. The van der Waals surface area contributed by atoms with Crippen LogP contribution in [-0.4, -0.2) is 52.8 Å². The van der Waals surface area contributed by atoms with Crippen LogP contribution >= 0.6 is 0 Å². The largest absolute Gasteiger partial charge is 0.487 e. The lowest BCUT2D eigenvalue weighted by Crippen LogP contribution is -2.13. The molecule has 0 saturated carbocycles. The van der Waals surface area contributed by atoms with Crippen molar-refractivity contribution in [2.45, 2.75) is 6.42 Å². The maximum Gasteiger partial charge on any atom is 0.277 e. The van der Waals surface area contributed by atoms with E-state index in [1.165, 1.54) is 0 Å². The number of benzene rings is 1. The number of methoxy groups -OCH3 is 2. The fourth-order valence-corrected chi connectivity index (χ4v) is 1.96. The Bertz CT molecular complexity index is 527. The van der Waals surface area contributed by atoms with Crippen LogP contribution in [0.4, 0.5) is 0 Å². The van der Waals surface area contributed by atoms with Gasteiger partial charge in [-0.15, -0.1) is 0 Å². The molecule has 2 rings (SSSR count). The lowest BCUT2D eigenvalue weighted by molar-refractivity contribution is 0.0999. The van der Waals surface area contributed by atoms with Crippen molar-refractivity contribution in [3.63, 3.8) is 0 Å². The van der Waals surface area contributed by atoms with Gasteiger partial charge in [-0.25, -0.2) is 4.99 Å². The van der Waals surface area contributed by atoms with E-state index < -0.39 is 0 Å². The van der Waals surface area contributed by atoms with Gasteiger partial charge in [0.15, 0.2) is 11.5 Å². The van der Waals surface area contributed by atoms with Gasteiger partial charge in [0, 0.05) is 32.4 Å². The molecule has 1 amide bonds. The summed E-state index contributed by atoms with van der Waals surface area (Å²) in [5, 5.41) is 0. The molecule has 6 nitrogen and oxygen atoms in total. The number of ether oxygens (including phenoxy) is 4. The average Bonchev–Trinajstić information content (AvgIpc) is 2.49. The predicted octanol–water partition coefficient (Wildman–Crippen LogP) is 1.50. The molecule has 1 heterocycles. The predicted molar refractivity (Wildman–Crippen MR) is 77.7 cm³/mol. The number of hydrogen-bond donors (Lipinski definition) is 0. The van der Waals surface area contributed by atoms with E-state index >= 15 is 0 Å². The molecule has 0 spiro atoms. The standard InChI is InChI=1S/C15H19NO5/c1-18-5-7-20-13-9-11-3-4-16-15(17)12(11)10-14(13)21-8-6-19-2/h4,9-10H,3,5-8H2,1-2H3. The molecule has 0 saturated heterocycles. The molecule has 0 N–H and O–H groups in total. The molecule has 21 heavy (non-hydrogen) atoms. The number of carbonyl (C=O) groups is 1. The fourth-order valence-electron chi connectivity index (χ4n) is 1.96. The Hall–Kier alpha value is -1.92. The minimum absolute atomic E-state index is 0.253. The number of rotatable bonds is 8. The molecule has 0 radical (unpaired) electrons. The lowest BCUT2D eigenvalue weighted by Gasteiger charge is -2.17. The SMILES string of the molecule is COCCOc1cc2c(cc1OCCOC)C(=O)N=CC2. The van der Waals surface area contributed by atoms with Crippen LogP contribution in [0.1, 0.15) is 15.9 Å². The molecule has 0 bridgehead atoms. The first-order valence-corrected chi connectivity index (χ1v) is 6.73. The van der Waals surface area contributed by atoms with Crippen molar-refractivity contribution in [1.82, 2.24) is 0 Å². The van der Waals surface area contributed by atoms with Crippen LogP contribution in [0.25, 0.3) is 0 Å². The van der Waals surface area contributed by atoms with Crippen molar-refractivity contribution in [2.24, 2.45) is 4.99 Å². The minimum Gasteiger partial charge on any atom is -0.487 e. The van der Waals surface area contributed by atoms with E-state index in [2.05, 4.69) is 4.99 Å². The van der Waals surface area contributed by atoms with Crippen molar-refractivity contribution >= 4 is 12.1 Å². The first-order chi connectivity index (χ1) is 10.3. The van der Waals surface area contributed by atoms with E-state index in [4.69, 9.17) is 18.9 Å². The zero-order chi connectivity index (χ0) is 15.1. The van der Waals surface area contributed by atoms with Gasteiger partial charge in [-0.05, 0) is 17.7 Å². The Kier molecular flexibility index (Phi) is 5.71. The van der Waals surface area contributed by atoms with Crippen LogP contribution in [-0.2, 0) is 15.9 Å². The normalized spacial score (nSPS) is 13.1. The van der Waals surface area contributed by atoms with E-state index in [1.54, 1.807) is 26.5 Å². The summed E-state index contributed by atoms with van der Waals surface area (Å²) in [6, 6.07) is 3.52. The molecule has 1 aliphatic heterocycles. The molecule has 0 atom stereocenters. The Morgan fingerprint density at radius 2 is 1.62 bits per heavy atom. The van der Waals surface area contributed by atoms with Crippen molar-refractivity contribution in [3.05, 3.63) is 23.3 Å². The van der Waals surface area contributed by atoms with Crippen LogP contribution in [0.3, 0.4) is 0 Å². The summed E-state index contributed by atoms with van der Waals surface area (Å²) < 4.78 is 21.2. The van der Waals surface area contributed by atoms with E-state index in [9.17, 15) is 4.79 Å². The van der Waals surface area contributed by atoms with Gasteiger partial charge in [0.1, 0.15) is 13.2 Å². The van der Waals surface area contributed by atoms with Gasteiger partial charge in [0.2, 0.25) is 0 Å². The van der Waals surface area contributed by atoms with Crippen LogP contribution in [0.15, 0.2) is 17.1 Å². The quantitative estimate of drug-likeness (QED) is 0.680. The molecule has 1 aromatic rings. The van der Waals surface area contributed by atoms with Gasteiger partial charge in [-0.1, -0.05) is 0 Å². The van der Waals surface area contributed by atoms with Crippen molar-refractivity contribution in [2.75, 3.05) is 40.6 Å². The second kappa shape index (κ2) is 7.75. The monoisotopic (exact) mass is 293 g/mol. The number of hydrogen-bond acceptors (Lipinski definition) is 5. The maximum atomic E-state index is 11.8. The van der Waals surface area contributed by atoms with Gasteiger partial charge < -0.3 is 18.9 Å². The van der Waals surface area contributed by atoms with E-state index in [0.29, 0.717) is 49.9 Å². The van der Waals surface area contributed by atoms with Crippen molar-refractivity contribution in [1.29, 1.82) is 0 Å². The first kappa shape index (κ1) is 15.5. The van der Waals surface area contributed by atoms with E-state index in [1.807, 2.05) is 6.07 Å². The third-order valence-corrected chi connectivity index (χ3v) is 3.01. The Labute approximate surface area is 123 Å². The highest BCUT2D eigenvalue weighted by atomic mass is 16.5. The molecule has 114 valence electrons. The van der Waals surface area contributed by atoms with Crippen molar-refractivity contribution < 1.29 is 23.7 Å². The summed E-state index contributed by atoms with van der Waals surface area (Å²) in [7, 11) is 3.21. The minimum atomic E-state index is -0.253. The molecular formula is C15H19NO5. The first-order valence-electron chi connectivity index (χ1n) is 6.73. The topological polar surface area (TPSA) is 66.3 Å². The summed E-state index contributed by atoms with van der Waals surface area (Å²) in [6.07, 6.45) is 2.22. The van der Waals surface area contributed by atoms with Crippen LogP contribution in [0.5, 0.6) is 11.5 Å². The Morgan fingerprint density at radius 1 is 1.00 bits per heavy atom. The molecule has 1 aromatic carbocycles. The highest BCUT2D eigenvalue weighted by Crippen LogP contribution is 2.32. The van der Waals surface area contributed by atoms with Gasteiger partial charge in [0.05, 0.1) is 13.2 Å². The summed E-state index contributed by atoms with van der Waals surface area (Å²) in [5.74, 6) is 0.869. The maximum absolute atomic E-state index is 11.8. The highest BCUT2D eigenvalue weighted by molar-refractivity contribution is 6.04. The molecule has 0 aliphatic carbocycles. The van der Waals surface area contributed by atoms with Crippen molar-refractivity contribution in [3.8, 4) is 11.5 Å². The number of fused-ring (bicyclic) bond motifs is 1. The summed E-state index contributed by atoms with van der Waals surface area (Å²) in [6.45, 7) is 1.74. The third-order valence-electron chi connectivity index (χ3n) is 3.01. The van der Waals surface area contributed by atoms with Crippen LogP contribution < -0.4 is 9.47 Å². The molecular weight excluding hydrogens is 274 g/mol. The highest BCUT2D eigenvalue weighted by Gasteiger charge is 2.19. The summed E-state index contributed by atoms with van der Waals surface area (Å²) in [5.41, 5.74) is 1.45. The number of nitrogens with zero attached hydrogens (tertiary/aromatic N) is 1. The number of aliphatic imine (C=N–C) groups is 1. The summed E-state index contributed by atoms with van der Waals surface area (Å²) >= 11 is 0. The van der Waals surface area contributed by atoms with E-state index in [-0.39, 0.29) is 5.91 Å². The Balaban J connectivity index is 2.21. The smallest absolute Gasteiger partial charge is 0.277 e. The second-order valence-corrected chi connectivity index (χ2v) is 4.46. The third kappa shape index (κ3) is 4.03. The molecule has 0 unspecified atom stereocenters. The van der Waals surface area contributed by atoms with Crippen LogP contribution in [0, 0.1) is 0 Å².